The maximum Gasteiger partial charge on any atom is 0.224 e. The molecule has 1 aromatic rings. The van der Waals surface area contributed by atoms with Gasteiger partial charge in [-0.2, -0.15) is 0 Å². The minimum Gasteiger partial charge on any atom is -0.384 e. The number of nitrogens with zero attached hydrogens (tertiary/aromatic N) is 3. The molecule has 1 atom stereocenters. The summed E-state index contributed by atoms with van der Waals surface area (Å²) in [6.45, 7) is 5.55. The predicted molar refractivity (Wildman–Crippen MR) is 84.6 cm³/mol. The van der Waals surface area contributed by atoms with Gasteiger partial charge >= 0.3 is 0 Å². The summed E-state index contributed by atoms with van der Waals surface area (Å²) in [5, 5.41) is 0. The van der Waals surface area contributed by atoms with Crippen LogP contribution in [0.25, 0.3) is 0 Å². The first-order chi connectivity index (χ1) is 10.7. The number of aryl methyl sites for hydroxylation is 1. The lowest BCUT2D eigenvalue weighted by Gasteiger charge is -2.17. The summed E-state index contributed by atoms with van der Waals surface area (Å²) in [5.41, 5.74) is 1.27. The monoisotopic (exact) mass is 305 g/mol. The number of amides is 1. The van der Waals surface area contributed by atoms with Gasteiger partial charge in [-0.25, -0.2) is 4.98 Å². The van der Waals surface area contributed by atoms with Gasteiger partial charge in [-0.15, -0.1) is 0 Å². The lowest BCUT2D eigenvalue weighted by molar-refractivity contribution is -0.131. The highest BCUT2D eigenvalue weighted by Crippen LogP contribution is 2.32. The second-order valence-electron chi connectivity index (χ2n) is 6.81. The van der Waals surface area contributed by atoms with Crippen LogP contribution in [-0.2, 0) is 22.5 Å². The molecule has 22 heavy (non-hydrogen) atoms. The first kappa shape index (κ1) is 15.5. The molecule has 1 aliphatic heterocycles. The van der Waals surface area contributed by atoms with Crippen molar-refractivity contribution in [3.8, 4) is 0 Å². The molecule has 2 heterocycles. The van der Waals surface area contributed by atoms with E-state index in [0.29, 0.717) is 18.9 Å². The van der Waals surface area contributed by atoms with E-state index in [2.05, 4.69) is 16.5 Å². The Morgan fingerprint density at radius 1 is 1.36 bits per heavy atom. The third kappa shape index (κ3) is 3.69. The van der Waals surface area contributed by atoms with Gasteiger partial charge < -0.3 is 14.2 Å². The number of hydrogen-bond donors (Lipinski definition) is 0. The van der Waals surface area contributed by atoms with E-state index in [4.69, 9.17) is 4.74 Å². The number of likely N-dealkylation sites (tertiary alicyclic amines) is 1. The molecule has 0 radical (unpaired) electrons. The van der Waals surface area contributed by atoms with Gasteiger partial charge in [-0.05, 0) is 38.0 Å². The van der Waals surface area contributed by atoms with Crippen LogP contribution in [0.4, 0.5) is 0 Å². The largest absolute Gasteiger partial charge is 0.384 e. The van der Waals surface area contributed by atoms with Crippen LogP contribution in [0, 0.1) is 18.8 Å². The zero-order valence-electron chi connectivity index (χ0n) is 13.8. The molecule has 1 aromatic heterocycles. The highest BCUT2D eigenvalue weighted by Gasteiger charge is 2.28. The van der Waals surface area contributed by atoms with Gasteiger partial charge in [0.1, 0.15) is 5.82 Å². The van der Waals surface area contributed by atoms with Gasteiger partial charge in [0.15, 0.2) is 0 Å². The quantitative estimate of drug-likeness (QED) is 0.774. The van der Waals surface area contributed by atoms with Crippen molar-refractivity contribution in [2.45, 2.75) is 45.6 Å². The molecule has 1 aliphatic carbocycles. The number of carbonyl (C=O) groups is 1. The summed E-state index contributed by atoms with van der Waals surface area (Å²) in [7, 11) is 1.64. The molecule has 0 spiro atoms. The first-order valence-electron chi connectivity index (χ1n) is 8.45. The van der Waals surface area contributed by atoms with Crippen molar-refractivity contribution in [3.63, 3.8) is 0 Å². The van der Waals surface area contributed by atoms with Crippen molar-refractivity contribution >= 4 is 5.91 Å². The average molecular weight is 305 g/mol. The molecule has 2 aliphatic rings. The molecule has 1 unspecified atom stereocenters. The number of carbonyl (C=O) groups excluding carboxylic acids is 1. The van der Waals surface area contributed by atoms with Crippen molar-refractivity contribution in [1.82, 2.24) is 14.5 Å². The fraction of sp³-hybridized carbons (Fsp3) is 0.765. The van der Waals surface area contributed by atoms with E-state index in [0.717, 1.165) is 38.4 Å². The maximum atomic E-state index is 12.1. The van der Waals surface area contributed by atoms with Crippen molar-refractivity contribution in [3.05, 3.63) is 17.7 Å². The summed E-state index contributed by atoms with van der Waals surface area (Å²) >= 11 is 0. The lowest BCUT2D eigenvalue weighted by Crippen LogP contribution is -2.29. The number of aromatic nitrogens is 2. The van der Waals surface area contributed by atoms with E-state index in [1.54, 1.807) is 7.11 Å². The first-order valence-corrected chi connectivity index (χ1v) is 8.45. The molecule has 0 N–H and O–H groups in total. The molecular weight excluding hydrogens is 278 g/mol. The van der Waals surface area contributed by atoms with E-state index in [-0.39, 0.29) is 5.91 Å². The van der Waals surface area contributed by atoms with Gasteiger partial charge in [0.05, 0.1) is 13.0 Å². The summed E-state index contributed by atoms with van der Waals surface area (Å²) in [6.07, 6.45) is 7.31. The van der Waals surface area contributed by atoms with Crippen molar-refractivity contribution in [2.24, 2.45) is 11.8 Å². The Balaban J connectivity index is 1.55. The molecule has 122 valence electrons. The number of hydrogen-bond acceptors (Lipinski definition) is 3. The average Bonchev–Trinajstić information content (AvgIpc) is 3.11. The minimum absolute atomic E-state index is 0.224. The Hall–Kier alpha value is -1.36. The molecule has 5 heteroatoms. The standard InChI is InChI=1S/C17H27N3O2/c1-13-10-18-16(20(13)12-14-3-4-14)9-15-5-7-19(11-15)17(21)6-8-22-2/h10,14-15H,3-9,11-12H2,1-2H3. The van der Waals surface area contributed by atoms with Crippen molar-refractivity contribution in [2.75, 3.05) is 26.8 Å². The van der Waals surface area contributed by atoms with Crippen LogP contribution in [0.3, 0.4) is 0 Å². The van der Waals surface area contributed by atoms with Gasteiger partial charge in [0, 0.05) is 45.1 Å². The minimum atomic E-state index is 0.224. The highest BCUT2D eigenvalue weighted by molar-refractivity contribution is 5.76. The molecular formula is C17H27N3O2. The number of ether oxygens (including phenoxy) is 1. The second kappa shape index (κ2) is 6.82. The molecule has 3 rings (SSSR count). The Morgan fingerprint density at radius 3 is 2.91 bits per heavy atom. The zero-order chi connectivity index (χ0) is 15.5. The number of methoxy groups -OCH3 is 1. The van der Waals surface area contributed by atoms with E-state index in [1.807, 2.05) is 11.1 Å². The van der Waals surface area contributed by atoms with Gasteiger partial charge in [0.25, 0.3) is 0 Å². The molecule has 1 saturated heterocycles. The second-order valence-corrected chi connectivity index (χ2v) is 6.81. The highest BCUT2D eigenvalue weighted by atomic mass is 16.5. The van der Waals surface area contributed by atoms with Gasteiger partial charge in [0.2, 0.25) is 5.91 Å². The smallest absolute Gasteiger partial charge is 0.224 e. The van der Waals surface area contributed by atoms with E-state index < -0.39 is 0 Å². The van der Waals surface area contributed by atoms with Crippen LogP contribution in [0.15, 0.2) is 6.20 Å². The zero-order valence-corrected chi connectivity index (χ0v) is 13.8. The van der Waals surface area contributed by atoms with Crippen LogP contribution in [0.2, 0.25) is 0 Å². The third-order valence-corrected chi connectivity index (χ3v) is 4.91. The maximum absolute atomic E-state index is 12.1. The fourth-order valence-corrected chi connectivity index (χ4v) is 3.31. The summed E-state index contributed by atoms with van der Waals surface area (Å²) < 4.78 is 7.39. The Labute approximate surface area is 132 Å². The Morgan fingerprint density at radius 2 is 2.18 bits per heavy atom. The lowest BCUT2D eigenvalue weighted by atomic mass is 10.0. The van der Waals surface area contributed by atoms with Crippen LogP contribution in [0.1, 0.15) is 37.2 Å². The van der Waals surface area contributed by atoms with E-state index in [1.165, 1.54) is 24.4 Å². The van der Waals surface area contributed by atoms with Crippen LogP contribution in [-0.4, -0.2) is 47.2 Å². The van der Waals surface area contributed by atoms with Crippen molar-refractivity contribution < 1.29 is 9.53 Å². The molecule has 0 aromatic carbocycles. The Kier molecular flexibility index (Phi) is 4.81. The molecule has 2 fully saturated rings. The number of imidazole rings is 1. The van der Waals surface area contributed by atoms with Crippen LogP contribution in [0.5, 0.6) is 0 Å². The van der Waals surface area contributed by atoms with Gasteiger partial charge in [-0.1, -0.05) is 0 Å². The third-order valence-electron chi connectivity index (χ3n) is 4.91. The number of rotatable bonds is 7. The van der Waals surface area contributed by atoms with Crippen molar-refractivity contribution in [1.29, 1.82) is 0 Å². The summed E-state index contributed by atoms with van der Waals surface area (Å²) in [6, 6.07) is 0. The molecule has 5 nitrogen and oxygen atoms in total. The molecule has 0 bridgehead atoms. The fourth-order valence-electron chi connectivity index (χ4n) is 3.31. The van der Waals surface area contributed by atoms with Crippen LogP contribution >= 0.6 is 0 Å². The molecule has 1 amide bonds. The van der Waals surface area contributed by atoms with Gasteiger partial charge in [-0.3, -0.25) is 4.79 Å². The van der Waals surface area contributed by atoms with Crippen LogP contribution < -0.4 is 0 Å². The van der Waals surface area contributed by atoms with E-state index in [9.17, 15) is 4.79 Å². The topological polar surface area (TPSA) is 47.4 Å². The predicted octanol–water partition coefficient (Wildman–Crippen LogP) is 2.03. The Bertz CT molecular complexity index is 522. The SMILES string of the molecule is COCCC(=O)N1CCC(Cc2ncc(C)n2CC2CC2)C1. The summed E-state index contributed by atoms with van der Waals surface area (Å²) in [4.78, 5) is 18.7. The summed E-state index contributed by atoms with van der Waals surface area (Å²) in [5.74, 6) is 2.84. The molecule has 1 saturated carbocycles. The van der Waals surface area contributed by atoms with E-state index >= 15 is 0 Å². The normalized spacial score (nSPS) is 21.5.